The van der Waals surface area contributed by atoms with Crippen LogP contribution < -0.4 is 5.32 Å². The molecule has 0 aliphatic heterocycles. The summed E-state index contributed by atoms with van der Waals surface area (Å²) in [6.45, 7) is 5.71. The monoisotopic (exact) mass is 263 g/mol. The third kappa shape index (κ3) is 4.94. The Morgan fingerprint density at radius 1 is 1.26 bits per heavy atom. The second kappa shape index (κ2) is 6.51. The first kappa shape index (κ1) is 14.5. The van der Waals surface area contributed by atoms with E-state index in [0.29, 0.717) is 11.5 Å². The van der Waals surface area contributed by atoms with Crippen LogP contribution in [0.5, 0.6) is 0 Å². The maximum absolute atomic E-state index is 13.1. The van der Waals surface area contributed by atoms with E-state index in [1.807, 2.05) is 6.07 Å². The molecule has 0 radical (unpaired) electrons. The van der Waals surface area contributed by atoms with Crippen molar-refractivity contribution in [2.45, 2.75) is 58.4 Å². The molecule has 2 rings (SSSR count). The van der Waals surface area contributed by atoms with E-state index in [1.54, 1.807) is 12.1 Å². The molecule has 0 amide bonds. The zero-order valence-electron chi connectivity index (χ0n) is 12.2. The van der Waals surface area contributed by atoms with E-state index in [-0.39, 0.29) is 5.82 Å². The van der Waals surface area contributed by atoms with E-state index in [4.69, 9.17) is 0 Å². The first-order valence-electron chi connectivity index (χ1n) is 7.53. The predicted molar refractivity (Wildman–Crippen MR) is 78.8 cm³/mol. The lowest BCUT2D eigenvalue weighted by Gasteiger charge is -2.22. The minimum Gasteiger partial charge on any atom is -0.314 e. The van der Waals surface area contributed by atoms with Gasteiger partial charge < -0.3 is 5.32 Å². The minimum absolute atomic E-state index is 0.131. The van der Waals surface area contributed by atoms with Crippen LogP contribution in [0.4, 0.5) is 4.39 Å². The van der Waals surface area contributed by atoms with Crippen molar-refractivity contribution in [3.8, 4) is 0 Å². The normalized spacial score (nSPS) is 23.0. The van der Waals surface area contributed by atoms with Crippen molar-refractivity contribution in [1.29, 1.82) is 0 Å². The highest BCUT2D eigenvalue weighted by atomic mass is 19.1. The Morgan fingerprint density at radius 3 is 2.89 bits per heavy atom. The fraction of sp³-hybridized carbons (Fsp3) is 0.647. The van der Waals surface area contributed by atoms with Crippen molar-refractivity contribution in [2.24, 2.45) is 5.41 Å². The topological polar surface area (TPSA) is 12.0 Å². The lowest BCUT2D eigenvalue weighted by molar-refractivity contribution is 0.310. The number of hydrogen-bond acceptors (Lipinski definition) is 1. The number of rotatable bonds is 4. The van der Waals surface area contributed by atoms with Gasteiger partial charge in [-0.05, 0) is 61.8 Å². The quantitative estimate of drug-likeness (QED) is 0.798. The second-order valence-corrected chi connectivity index (χ2v) is 6.63. The third-order valence-electron chi connectivity index (χ3n) is 4.31. The lowest BCUT2D eigenvalue weighted by Crippen LogP contribution is -2.30. The molecule has 1 fully saturated rings. The van der Waals surface area contributed by atoms with Gasteiger partial charge in [-0.3, -0.25) is 0 Å². The smallest absolute Gasteiger partial charge is 0.123 e. The van der Waals surface area contributed by atoms with Gasteiger partial charge in [0.25, 0.3) is 0 Å². The van der Waals surface area contributed by atoms with Crippen molar-refractivity contribution in [3.05, 3.63) is 35.6 Å². The summed E-state index contributed by atoms with van der Waals surface area (Å²) in [6.07, 6.45) is 7.45. The van der Waals surface area contributed by atoms with Gasteiger partial charge in [0.15, 0.2) is 0 Å². The average Bonchev–Trinajstić information content (AvgIpc) is 2.51. The highest BCUT2D eigenvalue weighted by Gasteiger charge is 2.23. The summed E-state index contributed by atoms with van der Waals surface area (Å²) in [7, 11) is 0. The number of benzene rings is 1. The van der Waals surface area contributed by atoms with E-state index in [2.05, 4.69) is 19.2 Å². The van der Waals surface area contributed by atoms with Crippen LogP contribution in [0.15, 0.2) is 24.3 Å². The van der Waals surface area contributed by atoms with Crippen LogP contribution in [0, 0.1) is 11.2 Å². The maximum Gasteiger partial charge on any atom is 0.123 e. The molecule has 1 unspecified atom stereocenters. The van der Waals surface area contributed by atoms with Gasteiger partial charge in [-0.25, -0.2) is 4.39 Å². The van der Waals surface area contributed by atoms with Gasteiger partial charge in [-0.1, -0.05) is 32.4 Å². The standard InChI is InChI=1S/C17H26FN/c1-17(2)10-4-7-16(8-11-17)19-12-9-14-5-3-6-15(18)13-14/h3,5-6,13,16,19H,4,7-12H2,1-2H3. The average molecular weight is 263 g/mol. The van der Waals surface area contributed by atoms with E-state index in [0.717, 1.165) is 18.5 Å². The maximum atomic E-state index is 13.1. The van der Waals surface area contributed by atoms with Crippen LogP contribution in [-0.2, 0) is 6.42 Å². The second-order valence-electron chi connectivity index (χ2n) is 6.63. The zero-order valence-corrected chi connectivity index (χ0v) is 12.2. The van der Waals surface area contributed by atoms with E-state index < -0.39 is 0 Å². The van der Waals surface area contributed by atoms with Crippen LogP contribution in [0.3, 0.4) is 0 Å². The molecular formula is C17H26FN. The molecule has 1 nitrogen and oxygen atoms in total. The number of nitrogens with one attached hydrogen (secondary N) is 1. The van der Waals surface area contributed by atoms with Crippen molar-refractivity contribution in [1.82, 2.24) is 5.32 Å². The highest BCUT2D eigenvalue weighted by Crippen LogP contribution is 2.33. The van der Waals surface area contributed by atoms with Crippen LogP contribution in [0.1, 0.15) is 51.5 Å². The van der Waals surface area contributed by atoms with E-state index >= 15 is 0 Å². The molecule has 1 aliphatic rings. The molecule has 1 aromatic carbocycles. The first-order valence-corrected chi connectivity index (χ1v) is 7.53. The Morgan fingerprint density at radius 2 is 2.11 bits per heavy atom. The summed E-state index contributed by atoms with van der Waals surface area (Å²) in [5.74, 6) is -0.131. The summed E-state index contributed by atoms with van der Waals surface area (Å²) in [5.41, 5.74) is 1.60. The third-order valence-corrected chi connectivity index (χ3v) is 4.31. The Bertz CT molecular complexity index is 400. The highest BCUT2D eigenvalue weighted by molar-refractivity contribution is 5.16. The zero-order chi connectivity index (χ0) is 13.7. The van der Waals surface area contributed by atoms with E-state index in [9.17, 15) is 4.39 Å². The Kier molecular flexibility index (Phi) is 4.98. The summed E-state index contributed by atoms with van der Waals surface area (Å²) < 4.78 is 13.1. The fourth-order valence-electron chi connectivity index (χ4n) is 2.98. The summed E-state index contributed by atoms with van der Waals surface area (Å²) >= 11 is 0. The van der Waals surface area contributed by atoms with Crippen LogP contribution in [0.25, 0.3) is 0 Å². The molecule has 2 heteroatoms. The summed E-state index contributed by atoms with van der Waals surface area (Å²) in [4.78, 5) is 0. The van der Waals surface area contributed by atoms with Crippen LogP contribution in [-0.4, -0.2) is 12.6 Å². The SMILES string of the molecule is CC1(C)CCCC(NCCc2cccc(F)c2)CC1. The minimum atomic E-state index is -0.131. The molecule has 1 N–H and O–H groups in total. The van der Waals surface area contributed by atoms with Crippen molar-refractivity contribution in [3.63, 3.8) is 0 Å². The van der Waals surface area contributed by atoms with Crippen molar-refractivity contribution >= 4 is 0 Å². The van der Waals surface area contributed by atoms with Gasteiger partial charge in [-0.2, -0.15) is 0 Å². The van der Waals surface area contributed by atoms with Crippen molar-refractivity contribution in [2.75, 3.05) is 6.54 Å². The summed E-state index contributed by atoms with van der Waals surface area (Å²) in [6, 6.07) is 7.58. The molecule has 19 heavy (non-hydrogen) atoms. The molecule has 0 heterocycles. The Balaban J connectivity index is 1.74. The summed E-state index contributed by atoms with van der Waals surface area (Å²) in [5, 5.41) is 3.64. The molecule has 1 atom stereocenters. The lowest BCUT2D eigenvalue weighted by atomic mass is 9.85. The molecule has 106 valence electrons. The van der Waals surface area contributed by atoms with Gasteiger partial charge in [0.2, 0.25) is 0 Å². The molecule has 0 spiro atoms. The number of hydrogen-bond donors (Lipinski definition) is 1. The molecule has 1 aromatic rings. The van der Waals surface area contributed by atoms with E-state index in [1.165, 1.54) is 38.2 Å². The number of halogens is 1. The first-order chi connectivity index (χ1) is 9.05. The van der Waals surface area contributed by atoms with Gasteiger partial charge in [-0.15, -0.1) is 0 Å². The van der Waals surface area contributed by atoms with Gasteiger partial charge >= 0.3 is 0 Å². The van der Waals surface area contributed by atoms with Crippen LogP contribution in [0.2, 0.25) is 0 Å². The van der Waals surface area contributed by atoms with Crippen molar-refractivity contribution < 1.29 is 4.39 Å². The fourth-order valence-corrected chi connectivity index (χ4v) is 2.98. The van der Waals surface area contributed by atoms with Crippen LogP contribution >= 0.6 is 0 Å². The van der Waals surface area contributed by atoms with Gasteiger partial charge in [0, 0.05) is 6.04 Å². The van der Waals surface area contributed by atoms with Gasteiger partial charge in [0.1, 0.15) is 5.82 Å². The molecule has 0 aromatic heterocycles. The Hall–Kier alpha value is -0.890. The Labute approximate surface area is 116 Å². The molecule has 0 saturated heterocycles. The molecule has 0 bridgehead atoms. The molecule has 1 aliphatic carbocycles. The molecule has 1 saturated carbocycles. The largest absolute Gasteiger partial charge is 0.314 e. The predicted octanol–water partition coefficient (Wildman–Crippen LogP) is 4.32. The van der Waals surface area contributed by atoms with Gasteiger partial charge in [0.05, 0.1) is 0 Å². The molecular weight excluding hydrogens is 237 g/mol.